The van der Waals surface area contributed by atoms with Gasteiger partial charge in [-0.1, -0.05) is 5.23 Å². The number of nitrogens with zero attached hydrogens (tertiary/aromatic N) is 2. The number of hydrogen-bond donors (Lipinski definition) is 0. The minimum absolute atomic E-state index is 0.0100. The molecule has 0 aromatic carbocycles. The van der Waals surface area contributed by atoms with Crippen LogP contribution in [-0.4, -0.2) is 24.3 Å². The molecular formula is C6H11N2O5P. The third-order valence-corrected chi connectivity index (χ3v) is 1.76. The van der Waals surface area contributed by atoms with E-state index in [0.717, 1.165) is 5.23 Å². The third kappa shape index (κ3) is 3.05. The molecule has 1 heterocycles. The van der Waals surface area contributed by atoms with Crippen molar-refractivity contribution in [1.29, 1.82) is 0 Å². The van der Waals surface area contributed by atoms with E-state index in [2.05, 4.69) is 20.5 Å². The van der Waals surface area contributed by atoms with Crippen LogP contribution in [0, 0.1) is 0 Å². The lowest BCUT2D eigenvalue weighted by molar-refractivity contribution is -0.281. The highest BCUT2D eigenvalue weighted by Crippen LogP contribution is 2.38. The molecule has 1 unspecified atom stereocenters. The highest BCUT2D eigenvalue weighted by molar-refractivity contribution is 7.33. The van der Waals surface area contributed by atoms with E-state index in [0.29, 0.717) is 13.2 Å². The summed E-state index contributed by atoms with van der Waals surface area (Å²) in [6, 6.07) is 0. The van der Waals surface area contributed by atoms with Gasteiger partial charge < -0.3 is 9.36 Å². The van der Waals surface area contributed by atoms with Gasteiger partial charge in [0.15, 0.2) is 0 Å². The van der Waals surface area contributed by atoms with E-state index < -0.39 is 8.25 Å². The summed E-state index contributed by atoms with van der Waals surface area (Å²) in [6.07, 6.45) is 0. The fourth-order valence-electron chi connectivity index (χ4n) is 0.646. The van der Waals surface area contributed by atoms with Gasteiger partial charge in [-0.3, -0.25) is 0 Å². The van der Waals surface area contributed by atoms with Gasteiger partial charge in [0.1, 0.15) is 6.61 Å². The Kier molecular flexibility index (Phi) is 4.49. The Labute approximate surface area is 81.7 Å². The minimum atomic E-state index is -2.58. The van der Waals surface area contributed by atoms with Crippen LogP contribution in [0.2, 0.25) is 0 Å². The molecule has 0 radical (unpaired) electrons. The van der Waals surface area contributed by atoms with E-state index in [1.54, 1.807) is 13.8 Å². The van der Waals surface area contributed by atoms with Crippen LogP contribution in [0.15, 0.2) is 11.0 Å². The lowest BCUT2D eigenvalue weighted by atomic mass is 10.9. The predicted molar refractivity (Wildman–Crippen MR) is 47.2 cm³/mol. The zero-order valence-corrected chi connectivity index (χ0v) is 8.85. The average Bonchev–Trinajstić information content (AvgIpc) is 2.48. The van der Waals surface area contributed by atoms with E-state index in [4.69, 9.17) is 9.36 Å². The summed E-state index contributed by atoms with van der Waals surface area (Å²) in [5.74, 6) is 2.34. The van der Waals surface area contributed by atoms with E-state index in [1.165, 1.54) is 0 Å². The SMILES string of the molecule is CCON=C=C1O[PH](=O)ON1OCC. The van der Waals surface area contributed by atoms with E-state index in [9.17, 15) is 4.57 Å². The summed E-state index contributed by atoms with van der Waals surface area (Å²) in [7, 11) is -2.58. The molecule has 7 nitrogen and oxygen atoms in total. The summed E-state index contributed by atoms with van der Waals surface area (Å²) in [5.41, 5.74) is 0. The molecule has 1 saturated heterocycles. The van der Waals surface area contributed by atoms with Crippen molar-refractivity contribution in [3.05, 3.63) is 5.88 Å². The van der Waals surface area contributed by atoms with Crippen molar-refractivity contribution >= 4 is 14.1 Å². The Hall–Kier alpha value is -1.00. The Morgan fingerprint density at radius 2 is 2.36 bits per heavy atom. The second kappa shape index (κ2) is 5.67. The fourth-order valence-corrected chi connectivity index (χ4v) is 1.23. The standard InChI is InChI=1S/C6H11N2O5P/c1-3-10-7-5-6-8(11-4-2)13-14(9)12-6/h14H,3-4H2,1-2H3. The van der Waals surface area contributed by atoms with Crippen LogP contribution in [0.25, 0.3) is 0 Å². The molecule has 8 heteroatoms. The molecule has 1 fully saturated rings. The second-order valence-electron chi connectivity index (χ2n) is 2.04. The molecule has 80 valence electrons. The van der Waals surface area contributed by atoms with Crippen LogP contribution in [0.3, 0.4) is 0 Å². The first-order valence-corrected chi connectivity index (χ1v) is 5.28. The largest absolute Gasteiger partial charge is 0.396 e. The second-order valence-corrected chi connectivity index (χ2v) is 2.93. The Balaban J connectivity index is 2.65. The summed E-state index contributed by atoms with van der Waals surface area (Å²) in [6.45, 7) is 4.27. The van der Waals surface area contributed by atoms with Gasteiger partial charge in [0.05, 0.1) is 12.5 Å². The van der Waals surface area contributed by atoms with E-state index in [1.807, 2.05) is 0 Å². The van der Waals surface area contributed by atoms with Crippen LogP contribution in [0.5, 0.6) is 0 Å². The lowest BCUT2D eigenvalue weighted by Gasteiger charge is -2.08. The van der Waals surface area contributed by atoms with E-state index in [-0.39, 0.29) is 5.88 Å². The van der Waals surface area contributed by atoms with Gasteiger partial charge in [-0.2, -0.15) is 4.62 Å². The van der Waals surface area contributed by atoms with Gasteiger partial charge in [-0.25, -0.2) is 9.40 Å². The molecule has 0 bridgehead atoms. The van der Waals surface area contributed by atoms with Crippen LogP contribution in [0.4, 0.5) is 0 Å². The predicted octanol–water partition coefficient (Wildman–Crippen LogP) is 1.05. The molecule has 1 rings (SSSR count). The molecule has 0 N–H and O–H groups in total. The topological polar surface area (TPSA) is 69.6 Å². The average molecular weight is 222 g/mol. The van der Waals surface area contributed by atoms with Crippen LogP contribution in [-0.2, 0) is 23.4 Å². The molecule has 0 saturated carbocycles. The first-order chi connectivity index (χ1) is 6.77. The molecule has 1 aliphatic heterocycles. The monoisotopic (exact) mass is 222 g/mol. The van der Waals surface area contributed by atoms with Crippen molar-refractivity contribution < 1.29 is 23.4 Å². The van der Waals surface area contributed by atoms with Crippen molar-refractivity contribution in [2.24, 2.45) is 5.16 Å². The van der Waals surface area contributed by atoms with Gasteiger partial charge in [0.25, 0.3) is 0 Å². The highest BCUT2D eigenvalue weighted by atomic mass is 31.1. The smallest absolute Gasteiger partial charge is 0.393 e. The van der Waals surface area contributed by atoms with Crippen molar-refractivity contribution in [3.8, 4) is 0 Å². The molecular weight excluding hydrogens is 211 g/mol. The molecule has 0 aromatic rings. The maximum absolute atomic E-state index is 10.8. The number of hydrogen-bond acceptors (Lipinski definition) is 7. The molecule has 0 amide bonds. The van der Waals surface area contributed by atoms with Crippen LogP contribution in [0.1, 0.15) is 13.8 Å². The quantitative estimate of drug-likeness (QED) is 0.402. The first kappa shape index (κ1) is 11.1. The zero-order chi connectivity index (χ0) is 10.4. The maximum Gasteiger partial charge on any atom is 0.393 e. The summed E-state index contributed by atoms with van der Waals surface area (Å²) in [4.78, 5) is 9.55. The van der Waals surface area contributed by atoms with Crippen LogP contribution < -0.4 is 0 Å². The Morgan fingerprint density at radius 3 is 3.00 bits per heavy atom. The molecule has 0 aliphatic carbocycles. The first-order valence-electron chi connectivity index (χ1n) is 4.05. The maximum atomic E-state index is 10.8. The molecule has 14 heavy (non-hydrogen) atoms. The van der Waals surface area contributed by atoms with E-state index >= 15 is 0 Å². The number of hydroxylamine groups is 2. The molecule has 1 aliphatic rings. The van der Waals surface area contributed by atoms with Crippen molar-refractivity contribution in [2.75, 3.05) is 13.2 Å². The minimum Gasteiger partial charge on any atom is -0.396 e. The van der Waals surface area contributed by atoms with Crippen LogP contribution >= 0.6 is 8.25 Å². The summed E-state index contributed by atoms with van der Waals surface area (Å²) in [5, 5.41) is 4.27. The summed E-state index contributed by atoms with van der Waals surface area (Å²) >= 11 is 0. The third-order valence-electron chi connectivity index (χ3n) is 1.08. The van der Waals surface area contributed by atoms with Gasteiger partial charge >= 0.3 is 14.1 Å². The van der Waals surface area contributed by atoms with Crippen molar-refractivity contribution in [3.63, 3.8) is 0 Å². The van der Waals surface area contributed by atoms with Gasteiger partial charge in [-0.15, -0.1) is 0 Å². The van der Waals surface area contributed by atoms with Crippen molar-refractivity contribution in [2.45, 2.75) is 13.8 Å². The molecule has 0 spiro atoms. The molecule has 1 atom stereocenters. The number of rotatable bonds is 4. The van der Waals surface area contributed by atoms with Gasteiger partial charge in [0, 0.05) is 0 Å². The Morgan fingerprint density at radius 1 is 1.57 bits per heavy atom. The van der Waals surface area contributed by atoms with Gasteiger partial charge in [-0.05, 0) is 19.0 Å². The van der Waals surface area contributed by atoms with Crippen molar-refractivity contribution in [1.82, 2.24) is 5.23 Å². The summed E-state index contributed by atoms with van der Waals surface area (Å²) < 4.78 is 20.2. The fraction of sp³-hybridized carbons (Fsp3) is 0.667. The lowest BCUT2D eigenvalue weighted by Crippen LogP contribution is -2.16. The molecule has 0 aromatic heterocycles. The highest BCUT2D eigenvalue weighted by Gasteiger charge is 2.27. The zero-order valence-electron chi connectivity index (χ0n) is 7.85. The van der Waals surface area contributed by atoms with Gasteiger partial charge in [0.2, 0.25) is 0 Å². The Bertz CT molecular complexity index is 275. The normalized spacial score (nSPS) is 20.3.